The largest absolute Gasteiger partial charge is 0.465 e. The van der Waals surface area contributed by atoms with E-state index in [4.69, 9.17) is 9.47 Å². The molecule has 0 saturated heterocycles. The Morgan fingerprint density at radius 1 is 1.11 bits per heavy atom. The zero-order chi connectivity index (χ0) is 13.5. The van der Waals surface area contributed by atoms with Crippen molar-refractivity contribution in [3.8, 4) is 0 Å². The van der Waals surface area contributed by atoms with Crippen LogP contribution in [0.4, 0.5) is 0 Å². The highest BCUT2D eigenvalue weighted by atomic mass is 79.9. The number of halogens is 1. The van der Waals surface area contributed by atoms with Gasteiger partial charge < -0.3 is 9.47 Å². The maximum atomic E-state index is 11.5. The highest BCUT2D eigenvalue weighted by Gasteiger charge is 2.18. The van der Waals surface area contributed by atoms with Gasteiger partial charge in [0.25, 0.3) is 0 Å². The zero-order valence-electron chi connectivity index (χ0n) is 10.3. The molecule has 0 amide bonds. The molecule has 0 radical (unpaired) electrons. The van der Waals surface area contributed by atoms with Crippen molar-refractivity contribution in [3.05, 3.63) is 35.4 Å². The average molecular weight is 315 g/mol. The summed E-state index contributed by atoms with van der Waals surface area (Å²) in [5, 5.41) is 0. The van der Waals surface area contributed by atoms with Crippen molar-refractivity contribution in [1.82, 2.24) is 0 Å². The van der Waals surface area contributed by atoms with E-state index >= 15 is 0 Å². The van der Waals surface area contributed by atoms with Gasteiger partial charge in [-0.15, -0.1) is 0 Å². The van der Waals surface area contributed by atoms with E-state index in [9.17, 15) is 9.59 Å². The minimum absolute atomic E-state index is 0.335. The SMILES string of the molecule is CCOC(=O)c1ccc(C(Br)C(=O)OCC)cc1. The highest BCUT2D eigenvalue weighted by molar-refractivity contribution is 9.09. The molecule has 98 valence electrons. The minimum atomic E-state index is -0.520. The third kappa shape index (κ3) is 3.84. The molecule has 1 aromatic rings. The maximum Gasteiger partial charge on any atom is 0.338 e. The normalized spacial score (nSPS) is 11.7. The number of benzene rings is 1. The lowest BCUT2D eigenvalue weighted by atomic mass is 10.1. The average Bonchev–Trinajstić information content (AvgIpc) is 2.38. The Morgan fingerprint density at radius 2 is 1.67 bits per heavy atom. The number of rotatable bonds is 5. The van der Waals surface area contributed by atoms with E-state index in [2.05, 4.69) is 15.9 Å². The van der Waals surface area contributed by atoms with Gasteiger partial charge in [0.1, 0.15) is 4.83 Å². The molecule has 0 spiro atoms. The first-order valence-electron chi connectivity index (χ1n) is 5.67. The van der Waals surface area contributed by atoms with Gasteiger partial charge in [0, 0.05) is 0 Å². The molecular weight excluding hydrogens is 300 g/mol. The third-order valence-corrected chi connectivity index (χ3v) is 3.11. The van der Waals surface area contributed by atoms with Crippen LogP contribution in [0.5, 0.6) is 0 Å². The van der Waals surface area contributed by atoms with Gasteiger partial charge in [0.15, 0.2) is 0 Å². The van der Waals surface area contributed by atoms with Crippen LogP contribution in [0.2, 0.25) is 0 Å². The first-order chi connectivity index (χ1) is 8.60. The topological polar surface area (TPSA) is 52.6 Å². The standard InChI is InChI=1S/C13H15BrO4/c1-3-17-12(15)10-7-5-9(6-8-10)11(14)13(16)18-4-2/h5-8,11H,3-4H2,1-2H3. The summed E-state index contributed by atoms with van der Waals surface area (Å²) in [5.74, 6) is -0.715. The van der Waals surface area contributed by atoms with Gasteiger partial charge in [-0.05, 0) is 31.5 Å². The van der Waals surface area contributed by atoms with Gasteiger partial charge >= 0.3 is 11.9 Å². The Morgan fingerprint density at radius 3 is 2.17 bits per heavy atom. The number of hydrogen-bond donors (Lipinski definition) is 0. The molecule has 0 aromatic heterocycles. The molecule has 4 nitrogen and oxygen atoms in total. The summed E-state index contributed by atoms with van der Waals surface area (Å²) in [7, 11) is 0. The van der Waals surface area contributed by atoms with E-state index in [0.29, 0.717) is 18.8 Å². The van der Waals surface area contributed by atoms with Gasteiger partial charge in [-0.25, -0.2) is 4.79 Å². The molecule has 1 unspecified atom stereocenters. The Balaban J connectivity index is 2.76. The number of carbonyl (C=O) groups is 2. The first-order valence-corrected chi connectivity index (χ1v) is 6.59. The first kappa shape index (κ1) is 14.7. The summed E-state index contributed by atoms with van der Waals surface area (Å²) in [5.41, 5.74) is 1.20. The van der Waals surface area contributed by atoms with Crippen molar-refractivity contribution in [2.45, 2.75) is 18.7 Å². The summed E-state index contributed by atoms with van der Waals surface area (Å²) < 4.78 is 9.77. The molecule has 1 aromatic carbocycles. The van der Waals surface area contributed by atoms with Crippen LogP contribution in [0.1, 0.15) is 34.6 Å². The van der Waals surface area contributed by atoms with Crippen molar-refractivity contribution < 1.29 is 19.1 Å². The van der Waals surface area contributed by atoms with Crippen molar-refractivity contribution >= 4 is 27.9 Å². The Kier molecular flexibility index (Phi) is 5.85. The fourth-order valence-corrected chi connectivity index (χ4v) is 1.79. The predicted molar refractivity (Wildman–Crippen MR) is 70.7 cm³/mol. The number of ether oxygens (including phenoxy) is 2. The van der Waals surface area contributed by atoms with Gasteiger partial charge in [-0.2, -0.15) is 0 Å². The fraction of sp³-hybridized carbons (Fsp3) is 0.385. The maximum absolute atomic E-state index is 11.5. The molecule has 18 heavy (non-hydrogen) atoms. The van der Waals surface area contributed by atoms with Gasteiger partial charge in [-0.1, -0.05) is 28.1 Å². The van der Waals surface area contributed by atoms with Crippen molar-refractivity contribution in [2.75, 3.05) is 13.2 Å². The lowest BCUT2D eigenvalue weighted by molar-refractivity contribution is -0.142. The van der Waals surface area contributed by atoms with E-state index in [0.717, 1.165) is 5.56 Å². The van der Waals surface area contributed by atoms with Crippen LogP contribution in [0, 0.1) is 0 Å². The van der Waals surface area contributed by atoms with Gasteiger partial charge in [0.2, 0.25) is 0 Å². The van der Waals surface area contributed by atoms with Crippen LogP contribution in [0.15, 0.2) is 24.3 Å². The molecule has 0 heterocycles. The van der Waals surface area contributed by atoms with Gasteiger partial charge in [-0.3, -0.25) is 4.79 Å². The molecule has 0 aliphatic carbocycles. The van der Waals surface area contributed by atoms with E-state index in [1.807, 2.05) is 0 Å². The molecular formula is C13H15BrO4. The lowest BCUT2D eigenvalue weighted by Gasteiger charge is -2.09. The van der Waals surface area contributed by atoms with E-state index in [-0.39, 0.29) is 11.9 Å². The molecule has 0 aliphatic heterocycles. The number of carbonyl (C=O) groups excluding carboxylic acids is 2. The Hall–Kier alpha value is -1.36. The van der Waals surface area contributed by atoms with Crippen molar-refractivity contribution in [1.29, 1.82) is 0 Å². The van der Waals surface area contributed by atoms with E-state index in [1.165, 1.54) is 0 Å². The molecule has 0 fully saturated rings. The molecule has 1 atom stereocenters. The molecule has 5 heteroatoms. The summed E-state index contributed by atoms with van der Waals surface area (Å²) in [6.07, 6.45) is 0. The number of hydrogen-bond acceptors (Lipinski definition) is 4. The highest BCUT2D eigenvalue weighted by Crippen LogP contribution is 2.24. The van der Waals surface area contributed by atoms with Crippen LogP contribution in [-0.4, -0.2) is 25.2 Å². The summed E-state index contributed by atoms with van der Waals surface area (Å²) in [6, 6.07) is 6.65. The van der Waals surface area contributed by atoms with Crippen LogP contribution in [0.25, 0.3) is 0 Å². The number of esters is 2. The molecule has 0 saturated carbocycles. The van der Waals surface area contributed by atoms with E-state index in [1.54, 1.807) is 38.1 Å². The molecule has 1 rings (SSSR count). The smallest absolute Gasteiger partial charge is 0.338 e. The monoisotopic (exact) mass is 314 g/mol. The van der Waals surface area contributed by atoms with Gasteiger partial charge in [0.05, 0.1) is 18.8 Å². The minimum Gasteiger partial charge on any atom is -0.465 e. The number of alkyl halides is 1. The second kappa shape index (κ2) is 7.16. The van der Waals surface area contributed by atoms with Crippen molar-refractivity contribution in [3.63, 3.8) is 0 Å². The summed E-state index contributed by atoms with van der Waals surface area (Å²) >= 11 is 3.25. The van der Waals surface area contributed by atoms with Crippen LogP contribution in [0.3, 0.4) is 0 Å². The summed E-state index contributed by atoms with van der Waals surface area (Å²) in [6.45, 7) is 4.18. The molecule has 0 aliphatic rings. The quantitative estimate of drug-likeness (QED) is 0.619. The van der Waals surface area contributed by atoms with Crippen LogP contribution >= 0.6 is 15.9 Å². The van der Waals surface area contributed by atoms with Crippen LogP contribution in [-0.2, 0) is 14.3 Å². The zero-order valence-corrected chi connectivity index (χ0v) is 11.9. The second-order valence-electron chi connectivity index (χ2n) is 3.46. The molecule has 0 N–H and O–H groups in total. The Labute approximate surface area is 114 Å². The summed E-state index contributed by atoms with van der Waals surface area (Å²) in [4.78, 5) is 22.4. The second-order valence-corrected chi connectivity index (χ2v) is 4.37. The van der Waals surface area contributed by atoms with Crippen LogP contribution < -0.4 is 0 Å². The van der Waals surface area contributed by atoms with E-state index < -0.39 is 4.83 Å². The molecule has 0 bridgehead atoms. The third-order valence-electron chi connectivity index (χ3n) is 2.21. The lowest BCUT2D eigenvalue weighted by Crippen LogP contribution is -2.11. The predicted octanol–water partition coefficient (Wildman–Crippen LogP) is 2.86. The fourth-order valence-electron chi connectivity index (χ4n) is 1.35. The van der Waals surface area contributed by atoms with Crippen molar-refractivity contribution in [2.24, 2.45) is 0 Å². The Bertz CT molecular complexity index is 414.